The van der Waals surface area contributed by atoms with Crippen molar-refractivity contribution in [1.29, 1.82) is 0 Å². The van der Waals surface area contributed by atoms with Gasteiger partial charge in [0.15, 0.2) is 5.82 Å². The van der Waals surface area contributed by atoms with Gasteiger partial charge in [-0.1, -0.05) is 43.2 Å². The zero-order valence-corrected chi connectivity index (χ0v) is 14.4. The zero-order chi connectivity index (χ0) is 16.7. The number of halogens is 1. The average Bonchev–Trinajstić information content (AvgIpc) is 2.92. The first-order chi connectivity index (χ1) is 11.6. The summed E-state index contributed by atoms with van der Waals surface area (Å²) in [6.45, 7) is 1.97. The van der Waals surface area contributed by atoms with Crippen molar-refractivity contribution >= 4 is 22.6 Å². The monoisotopic (exact) mass is 345 g/mol. The Morgan fingerprint density at radius 3 is 2.62 bits per heavy atom. The topological polar surface area (TPSA) is 50.1 Å². The Bertz CT molecular complexity index is 831. The van der Waals surface area contributed by atoms with E-state index in [9.17, 15) is 9.18 Å². The number of rotatable bonds is 2. The second-order valence-electron chi connectivity index (χ2n) is 6.52. The van der Waals surface area contributed by atoms with Crippen molar-refractivity contribution in [1.82, 2.24) is 9.78 Å². The third-order valence-electron chi connectivity index (χ3n) is 4.86. The number of aliphatic imine (C=N–C) groups is 1. The van der Waals surface area contributed by atoms with Crippen molar-refractivity contribution < 1.29 is 4.39 Å². The summed E-state index contributed by atoms with van der Waals surface area (Å²) in [5.74, 6) is 0.497. The first-order valence-corrected chi connectivity index (χ1v) is 9.33. The van der Waals surface area contributed by atoms with Crippen molar-refractivity contribution in [3.8, 4) is 0 Å². The highest BCUT2D eigenvalue weighted by Gasteiger charge is 2.32. The van der Waals surface area contributed by atoms with Crippen LogP contribution in [-0.4, -0.2) is 14.8 Å². The number of H-pyrrole nitrogens is 1. The van der Waals surface area contributed by atoms with Crippen LogP contribution in [0.3, 0.4) is 0 Å². The fourth-order valence-electron chi connectivity index (χ4n) is 3.69. The fourth-order valence-corrected chi connectivity index (χ4v) is 4.79. The highest BCUT2D eigenvalue weighted by molar-refractivity contribution is 8.14. The average molecular weight is 345 g/mol. The SMILES string of the molecule is CC1=Nc2c(c(=O)[nH]n2C2CCCCC2)[C@@H](c2ccc(F)cc2)S1. The quantitative estimate of drug-likeness (QED) is 0.857. The summed E-state index contributed by atoms with van der Waals surface area (Å²) in [5, 5.41) is 3.82. The van der Waals surface area contributed by atoms with Crippen LogP contribution in [0, 0.1) is 5.82 Å². The summed E-state index contributed by atoms with van der Waals surface area (Å²) in [6, 6.07) is 6.73. The molecule has 24 heavy (non-hydrogen) atoms. The Hall–Kier alpha value is -1.82. The van der Waals surface area contributed by atoms with E-state index in [1.165, 1.54) is 31.4 Å². The summed E-state index contributed by atoms with van der Waals surface area (Å²) >= 11 is 1.56. The minimum atomic E-state index is -0.265. The molecule has 1 aromatic carbocycles. The van der Waals surface area contributed by atoms with E-state index in [2.05, 4.69) is 10.1 Å². The molecule has 2 aromatic rings. The molecule has 126 valence electrons. The standard InChI is InChI=1S/C18H20FN3OS/c1-11-20-17-15(16(24-11)12-7-9-13(19)10-8-12)18(23)21-22(17)14-5-3-2-4-6-14/h7-10,14,16H,2-6H2,1H3,(H,21,23)/t16-/m1/s1. The van der Waals surface area contributed by atoms with Gasteiger partial charge in [0.1, 0.15) is 5.82 Å². The van der Waals surface area contributed by atoms with Gasteiger partial charge in [-0.25, -0.2) is 9.38 Å². The van der Waals surface area contributed by atoms with Crippen molar-refractivity contribution in [2.24, 2.45) is 4.99 Å². The van der Waals surface area contributed by atoms with Crippen LogP contribution in [0.15, 0.2) is 34.1 Å². The van der Waals surface area contributed by atoms with Crippen LogP contribution in [0.2, 0.25) is 0 Å². The number of hydrogen-bond donors (Lipinski definition) is 1. The molecular weight excluding hydrogens is 325 g/mol. The van der Waals surface area contributed by atoms with E-state index in [1.54, 1.807) is 23.9 Å². The van der Waals surface area contributed by atoms with Gasteiger partial charge < -0.3 is 0 Å². The van der Waals surface area contributed by atoms with E-state index >= 15 is 0 Å². The minimum Gasteiger partial charge on any atom is -0.268 e. The molecule has 1 aliphatic heterocycles. The molecule has 0 bridgehead atoms. The maximum Gasteiger partial charge on any atom is 0.271 e. The zero-order valence-electron chi connectivity index (χ0n) is 13.6. The maximum atomic E-state index is 13.3. The highest BCUT2D eigenvalue weighted by atomic mass is 32.2. The molecule has 2 aliphatic rings. The number of nitrogens with one attached hydrogen (secondary N) is 1. The van der Waals surface area contributed by atoms with E-state index in [0.717, 1.165) is 29.3 Å². The van der Waals surface area contributed by atoms with Crippen LogP contribution < -0.4 is 5.56 Å². The molecule has 0 amide bonds. The normalized spacial score (nSPS) is 21.4. The lowest BCUT2D eigenvalue weighted by Crippen LogP contribution is -2.16. The summed E-state index contributed by atoms with van der Waals surface area (Å²) in [7, 11) is 0. The highest BCUT2D eigenvalue weighted by Crippen LogP contribution is 2.45. The van der Waals surface area contributed by atoms with Crippen LogP contribution in [0.1, 0.15) is 61.4 Å². The smallest absolute Gasteiger partial charge is 0.268 e. The number of aromatic amines is 1. The molecule has 2 heterocycles. The summed E-state index contributed by atoms with van der Waals surface area (Å²) in [5.41, 5.74) is 1.56. The number of aromatic nitrogens is 2. The Labute approximate surface area is 144 Å². The number of fused-ring (bicyclic) bond motifs is 1. The first kappa shape index (κ1) is 15.7. The van der Waals surface area contributed by atoms with E-state index < -0.39 is 0 Å². The minimum absolute atomic E-state index is 0.0753. The predicted octanol–water partition coefficient (Wildman–Crippen LogP) is 4.71. The molecule has 0 saturated heterocycles. The number of thioether (sulfide) groups is 1. The molecule has 4 rings (SSSR count). The van der Waals surface area contributed by atoms with E-state index in [0.29, 0.717) is 11.6 Å². The maximum absolute atomic E-state index is 13.3. The van der Waals surface area contributed by atoms with Gasteiger partial charge in [-0.3, -0.25) is 14.6 Å². The Balaban J connectivity index is 1.80. The Morgan fingerprint density at radius 2 is 1.92 bits per heavy atom. The Kier molecular flexibility index (Phi) is 4.08. The lowest BCUT2D eigenvalue weighted by Gasteiger charge is -2.26. The van der Waals surface area contributed by atoms with E-state index in [4.69, 9.17) is 0 Å². The number of nitrogens with zero attached hydrogens (tertiary/aromatic N) is 2. The van der Waals surface area contributed by atoms with Gasteiger partial charge in [0.05, 0.1) is 21.9 Å². The fraction of sp³-hybridized carbons (Fsp3) is 0.444. The Morgan fingerprint density at radius 1 is 1.21 bits per heavy atom. The van der Waals surface area contributed by atoms with Crippen molar-refractivity contribution in [2.75, 3.05) is 0 Å². The second-order valence-corrected chi connectivity index (χ2v) is 7.82. The third kappa shape index (κ3) is 2.73. The van der Waals surface area contributed by atoms with Gasteiger partial charge in [0.2, 0.25) is 0 Å². The first-order valence-electron chi connectivity index (χ1n) is 8.45. The number of hydrogen-bond acceptors (Lipinski definition) is 3. The molecular formula is C18H20FN3OS. The lowest BCUT2D eigenvalue weighted by molar-refractivity contribution is 0.331. The van der Waals surface area contributed by atoms with Crippen LogP contribution in [0.5, 0.6) is 0 Å². The molecule has 1 fully saturated rings. The van der Waals surface area contributed by atoms with Gasteiger partial charge in [-0.2, -0.15) is 0 Å². The van der Waals surface area contributed by atoms with Crippen LogP contribution in [0.4, 0.5) is 10.2 Å². The molecule has 6 heteroatoms. The van der Waals surface area contributed by atoms with Crippen molar-refractivity contribution in [3.05, 3.63) is 51.6 Å². The molecule has 1 aromatic heterocycles. The van der Waals surface area contributed by atoms with E-state index in [1.807, 2.05) is 11.6 Å². The predicted molar refractivity (Wildman–Crippen MR) is 95.8 cm³/mol. The second kappa shape index (κ2) is 6.24. The number of benzene rings is 1. The molecule has 0 radical (unpaired) electrons. The third-order valence-corrected chi connectivity index (χ3v) is 6.04. The molecule has 0 unspecified atom stereocenters. The van der Waals surface area contributed by atoms with Crippen molar-refractivity contribution in [2.45, 2.75) is 50.3 Å². The largest absolute Gasteiger partial charge is 0.271 e. The summed E-state index contributed by atoms with van der Waals surface area (Å²) in [6.07, 6.45) is 5.82. The summed E-state index contributed by atoms with van der Waals surface area (Å²) in [4.78, 5) is 17.3. The van der Waals surface area contributed by atoms with Crippen LogP contribution >= 0.6 is 11.8 Å². The van der Waals surface area contributed by atoms with Gasteiger partial charge in [-0.05, 0) is 37.5 Å². The van der Waals surface area contributed by atoms with Gasteiger partial charge >= 0.3 is 0 Å². The van der Waals surface area contributed by atoms with Gasteiger partial charge in [0, 0.05) is 0 Å². The van der Waals surface area contributed by atoms with Crippen LogP contribution in [-0.2, 0) is 0 Å². The lowest BCUT2D eigenvalue weighted by atomic mass is 9.95. The molecule has 1 N–H and O–H groups in total. The molecule has 1 atom stereocenters. The molecule has 0 spiro atoms. The van der Waals surface area contributed by atoms with Crippen molar-refractivity contribution in [3.63, 3.8) is 0 Å². The molecule has 1 saturated carbocycles. The molecule has 1 aliphatic carbocycles. The molecule has 4 nitrogen and oxygen atoms in total. The van der Waals surface area contributed by atoms with Gasteiger partial charge in [-0.15, -0.1) is 0 Å². The van der Waals surface area contributed by atoms with Crippen LogP contribution in [0.25, 0.3) is 0 Å². The van der Waals surface area contributed by atoms with Gasteiger partial charge in [0.25, 0.3) is 5.56 Å². The summed E-state index contributed by atoms with van der Waals surface area (Å²) < 4.78 is 15.2. The van der Waals surface area contributed by atoms with E-state index in [-0.39, 0.29) is 16.6 Å².